The van der Waals surface area contributed by atoms with Gasteiger partial charge in [-0.25, -0.2) is 18.4 Å². The van der Waals surface area contributed by atoms with Crippen molar-refractivity contribution in [2.75, 3.05) is 4.72 Å². The summed E-state index contributed by atoms with van der Waals surface area (Å²) in [4.78, 5) is 8.34. The predicted molar refractivity (Wildman–Crippen MR) is 123 cm³/mol. The molecule has 0 saturated carbocycles. The van der Waals surface area contributed by atoms with Gasteiger partial charge >= 0.3 is 0 Å². The molecule has 5 rings (SSSR count). The van der Waals surface area contributed by atoms with Crippen molar-refractivity contribution in [2.24, 2.45) is 0 Å². The van der Waals surface area contributed by atoms with Gasteiger partial charge in [0.25, 0.3) is 10.0 Å². The van der Waals surface area contributed by atoms with Crippen molar-refractivity contribution in [1.82, 2.24) is 24.7 Å². The molecule has 0 bridgehead atoms. The van der Waals surface area contributed by atoms with E-state index in [0.29, 0.717) is 34.7 Å². The van der Waals surface area contributed by atoms with Crippen molar-refractivity contribution >= 4 is 15.7 Å². The van der Waals surface area contributed by atoms with Gasteiger partial charge in [0.05, 0.1) is 4.90 Å². The third kappa shape index (κ3) is 4.64. The zero-order chi connectivity index (χ0) is 23.5. The average Bonchev–Trinajstić information content (AvgIpc) is 3.53. The summed E-state index contributed by atoms with van der Waals surface area (Å²) in [5.41, 5.74) is 1.80. The highest BCUT2D eigenvalue weighted by molar-refractivity contribution is 7.92. The van der Waals surface area contributed by atoms with Gasteiger partial charge in [-0.1, -0.05) is 12.1 Å². The number of hydrogen-bond acceptors (Lipinski definition) is 8. The minimum Gasteiger partial charge on any atom is -0.449 e. The van der Waals surface area contributed by atoms with Crippen molar-refractivity contribution in [2.45, 2.75) is 11.8 Å². The molecular weight excluding hydrogens is 456 g/mol. The van der Waals surface area contributed by atoms with Gasteiger partial charge in [0.1, 0.15) is 24.0 Å². The summed E-state index contributed by atoms with van der Waals surface area (Å²) < 4.78 is 40.7. The fourth-order valence-corrected chi connectivity index (χ4v) is 4.19. The van der Waals surface area contributed by atoms with E-state index < -0.39 is 10.0 Å². The Morgan fingerprint density at radius 3 is 2.38 bits per heavy atom. The van der Waals surface area contributed by atoms with Crippen LogP contribution in [0.4, 0.5) is 5.69 Å². The molecule has 3 aromatic heterocycles. The normalized spacial score (nSPS) is 11.3. The topological polar surface area (TPSA) is 125 Å². The lowest BCUT2D eigenvalue weighted by molar-refractivity contribution is 0.454. The lowest BCUT2D eigenvalue weighted by Gasteiger charge is -2.10. The maximum atomic E-state index is 12.8. The van der Waals surface area contributed by atoms with E-state index in [1.165, 1.54) is 18.4 Å². The molecule has 0 radical (unpaired) electrons. The van der Waals surface area contributed by atoms with Gasteiger partial charge in [0.15, 0.2) is 11.7 Å². The SMILES string of the molecule is Cc1nc(-c2ccc(S(=O)(=O)Nc3ccc(Oc4ccc(-n5ccnc5)nn4)cc3)cc2)co1. The Morgan fingerprint density at radius 2 is 1.76 bits per heavy atom. The van der Waals surface area contributed by atoms with Crippen LogP contribution in [-0.4, -0.2) is 33.2 Å². The molecule has 0 aliphatic carbocycles. The van der Waals surface area contributed by atoms with Gasteiger partial charge in [-0.15, -0.1) is 10.2 Å². The molecule has 0 spiro atoms. The van der Waals surface area contributed by atoms with E-state index >= 15 is 0 Å². The van der Waals surface area contributed by atoms with E-state index in [4.69, 9.17) is 9.15 Å². The zero-order valence-corrected chi connectivity index (χ0v) is 18.7. The molecule has 0 atom stereocenters. The summed E-state index contributed by atoms with van der Waals surface area (Å²) in [5.74, 6) is 1.94. The van der Waals surface area contributed by atoms with Gasteiger partial charge in [0, 0.05) is 36.6 Å². The molecule has 0 aliphatic rings. The Kier molecular flexibility index (Phi) is 5.52. The number of oxazole rings is 1. The molecule has 0 aliphatic heterocycles. The first-order valence-electron chi connectivity index (χ1n) is 10.1. The van der Waals surface area contributed by atoms with Crippen molar-refractivity contribution in [3.05, 3.63) is 91.5 Å². The Hall–Kier alpha value is -4.51. The maximum Gasteiger partial charge on any atom is 0.261 e. The highest BCUT2D eigenvalue weighted by atomic mass is 32.2. The highest BCUT2D eigenvalue weighted by Crippen LogP contribution is 2.25. The van der Waals surface area contributed by atoms with Crippen molar-refractivity contribution < 1.29 is 17.6 Å². The number of hydrogen-bond donors (Lipinski definition) is 1. The molecule has 0 fully saturated rings. The van der Waals surface area contributed by atoms with E-state index in [9.17, 15) is 8.42 Å². The molecule has 0 saturated heterocycles. The van der Waals surface area contributed by atoms with Crippen molar-refractivity contribution in [3.63, 3.8) is 0 Å². The average molecular weight is 475 g/mol. The first-order chi connectivity index (χ1) is 16.5. The number of sulfonamides is 1. The molecule has 170 valence electrons. The van der Waals surface area contributed by atoms with Crippen LogP contribution in [0.2, 0.25) is 0 Å². The van der Waals surface area contributed by atoms with Crippen LogP contribution >= 0.6 is 0 Å². The smallest absolute Gasteiger partial charge is 0.261 e. The predicted octanol–water partition coefficient (Wildman–Crippen LogP) is 4.22. The summed E-state index contributed by atoms with van der Waals surface area (Å²) in [6.45, 7) is 1.74. The fourth-order valence-electron chi connectivity index (χ4n) is 3.13. The summed E-state index contributed by atoms with van der Waals surface area (Å²) in [5, 5.41) is 8.13. The van der Waals surface area contributed by atoms with Crippen LogP contribution in [0.15, 0.2) is 95.0 Å². The van der Waals surface area contributed by atoms with Crippen LogP contribution in [0.5, 0.6) is 11.6 Å². The van der Waals surface area contributed by atoms with Crippen LogP contribution in [0.1, 0.15) is 5.89 Å². The molecule has 0 unspecified atom stereocenters. The highest BCUT2D eigenvalue weighted by Gasteiger charge is 2.15. The first-order valence-corrected chi connectivity index (χ1v) is 11.6. The van der Waals surface area contributed by atoms with Crippen LogP contribution in [0, 0.1) is 6.92 Å². The Balaban J connectivity index is 1.24. The molecule has 0 amide bonds. The van der Waals surface area contributed by atoms with E-state index in [2.05, 4.69) is 24.9 Å². The van der Waals surface area contributed by atoms with Crippen LogP contribution in [0.3, 0.4) is 0 Å². The van der Waals surface area contributed by atoms with E-state index in [1.54, 1.807) is 78.7 Å². The van der Waals surface area contributed by atoms with Crippen LogP contribution in [0.25, 0.3) is 17.1 Å². The zero-order valence-electron chi connectivity index (χ0n) is 17.9. The van der Waals surface area contributed by atoms with Gasteiger partial charge in [-0.2, -0.15) is 0 Å². The van der Waals surface area contributed by atoms with E-state index in [0.717, 1.165) is 5.56 Å². The number of rotatable bonds is 7. The quantitative estimate of drug-likeness (QED) is 0.372. The second kappa shape index (κ2) is 8.79. The summed E-state index contributed by atoms with van der Waals surface area (Å²) in [7, 11) is -3.77. The third-order valence-electron chi connectivity index (χ3n) is 4.80. The number of ether oxygens (including phenoxy) is 1. The molecule has 34 heavy (non-hydrogen) atoms. The second-order valence-electron chi connectivity index (χ2n) is 7.21. The minimum atomic E-state index is -3.77. The number of nitrogens with zero attached hydrogens (tertiary/aromatic N) is 5. The number of imidazole rings is 1. The van der Waals surface area contributed by atoms with Crippen molar-refractivity contribution in [1.29, 1.82) is 0 Å². The molecule has 5 aromatic rings. The van der Waals surface area contributed by atoms with Crippen molar-refractivity contribution in [3.8, 4) is 28.7 Å². The lowest BCUT2D eigenvalue weighted by atomic mass is 10.2. The largest absolute Gasteiger partial charge is 0.449 e. The summed E-state index contributed by atoms with van der Waals surface area (Å²) in [6, 6.07) is 16.3. The number of benzene rings is 2. The molecular formula is C23H18N6O4S. The summed E-state index contributed by atoms with van der Waals surface area (Å²) >= 11 is 0. The molecule has 3 heterocycles. The first kappa shape index (κ1) is 21.3. The number of aryl methyl sites for hydroxylation is 1. The van der Waals surface area contributed by atoms with Gasteiger partial charge in [0.2, 0.25) is 5.88 Å². The molecule has 1 N–H and O–H groups in total. The Bertz CT molecular complexity index is 1500. The maximum absolute atomic E-state index is 12.8. The molecule has 11 heteroatoms. The molecule has 10 nitrogen and oxygen atoms in total. The molecule has 2 aromatic carbocycles. The Labute approximate surface area is 195 Å². The van der Waals surface area contributed by atoms with Crippen LogP contribution < -0.4 is 9.46 Å². The van der Waals surface area contributed by atoms with Gasteiger partial charge < -0.3 is 9.15 Å². The lowest BCUT2D eigenvalue weighted by Crippen LogP contribution is -2.12. The van der Waals surface area contributed by atoms with Gasteiger partial charge in [-0.3, -0.25) is 9.29 Å². The second-order valence-corrected chi connectivity index (χ2v) is 8.89. The van der Waals surface area contributed by atoms with Gasteiger partial charge in [-0.05, 0) is 42.5 Å². The number of aromatic nitrogens is 5. The van der Waals surface area contributed by atoms with E-state index in [-0.39, 0.29) is 4.90 Å². The standard InChI is InChI=1S/C23H18N6O4S/c1-16-25-21(14-32-16)17-2-8-20(9-3-17)34(30,31)28-18-4-6-19(7-5-18)33-23-11-10-22(26-27-23)29-13-12-24-15-29/h2-15,28H,1H3. The number of nitrogens with one attached hydrogen (secondary N) is 1. The monoisotopic (exact) mass is 474 g/mol. The summed E-state index contributed by atoms with van der Waals surface area (Å²) in [6.07, 6.45) is 6.56. The van der Waals surface area contributed by atoms with Crippen LogP contribution in [-0.2, 0) is 10.0 Å². The van der Waals surface area contributed by atoms with E-state index in [1.807, 2.05) is 0 Å². The third-order valence-corrected chi connectivity index (χ3v) is 6.20. The minimum absolute atomic E-state index is 0.130. The Morgan fingerprint density at radius 1 is 0.971 bits per heavy atom. The fraction of sp³-hybridized carbons (Fsp3) is 0.0435. The number of anilines is 1.